The minimum atomic E-state index is -4.73. The Labute approximate surface area is 93.5 Å². The highest BCUT2D eigenvalue weighted by molar-refractivity contribution is 5.93. The highest BCUT2D eigenvalue weighted by atomic mass is 19.4. The van der Waals surface area contributed by atoms with Crippen LogP contribution in [-0.4, -0.2) is 19.1 Å². The number of amides is 2. The summed E-state index contributed by atoms with van der Waals surface area (Å²) in [4.78, 5) is 12.4. The molecule has 0 radical (unpaired) electrons. The summed E-state index contributed by atoms with van der Waals surface area (Å²) in [5.74, 6) is -0.346. The van der Waals surface area contributed by atoms with E-state index in [9.17, 15) is 18.0 Å². The van der Waals surface area contributed by atoms with Gasteiger partial charge in [-0.15, -0.1) is 13.2 Å². The maximum absolute atomic E-state index is 11.9. The molecule has 0 unspecified atom stereocenters. The molecule has 1 heterocycles. The summed E-state index contributed by atoms with van der Waals surface area (Å²) < 4.78 is 39.4. The first-order chi connectivity index (χ1) is 7.96. The van der Waals surface area contributed by atoms with Crippen molar-refractivity contribution in [1.29, 1.82) is 0 Å². The zero-order valence-electron chi connectivity index (χ0n) is 8.31. The molecule has 2 amide bonds. The fourth-order valence-corrected chi connectivity index (χ4v) is 1.29. The molecule has 0 saturated heterocycles. The number of rotatable bonds is 2. The molecule has 8 heteroatoms. The lowest BCUT2D eigenvalue weighted by Gasteiger charge is -2.13. The van der Waals surface area contributed by atoms with Crippen LogP contribution in [-0.2, 0) is 0 Å². The van der Waals surface area contributed by atoms with Gasteiger partial charge in [0.2, 0.25) is 0 Å². The maximum Gasteiger partial charge on any atom is 0.573 e. The summed E-state index contributed by atoms with van der Waals surface area (Å²) in [6.07, 6.45) is -4.73. The molecule has 0 fully saturated rings. The van der Waals surface area contributed by atoms with Gasteiger partial charge in [-0.3, -0.25) is 4.90 Å². The Morgan fingerprint density at radius 1 is 1.24 bits per heavy atom. The van der Waals surface area contributed by atoms with Crippen LogP contribution < -0.4 is 9.64 Å². The fraction of sp³-hybridized carbons (Fsp3) is 0.222. The lowest BCUT2D eigenvalue weighted by atomic mass is 10.3. The smallest absolute Gasteiger partial charge is 0.406 e. The first kappa shape index (κ1) is 11.4. The van der Waals surface area contributed by atoms with Crippen LogP contribution in [0.4, 0.5) is 23.7 Å². The van der Waals surface area contributed by atoms with Gasteiger partial charge < -0.3 is 4.74 Å². The Bertz CT molecular complexity index is 456. The average Bonchev–Trinajstić information content (AvgIpc) is 2.63. The van der Waals surface area contributed by atoms with E-state index in [1.165, 1.54) is 17.0 Å². The van der Waals surface area contributed by atoms with Crippen molar-refractivity contribution in [2.24, 2.45) is 10.2 Å². The van der Waals surface area contributed by atoms with Crippen LogP contribution >= 0.6 is 0 Å². The van der Waals surface area contributed by atoms with Crippen molar-refractivity contribution in [2.45, 2.75) is 6.36 Å². The van der Waals surface area contributed by atoms with Gasteiger partial charge in [0, 0.05) is 5.69 Å². The van der Waals surface area contributed by atoms with Crippen LogP contribution in [0.2, 0.25) is 0 Å². The highest BCUT2D eigenvalue weighted by Gasteiger charge is 2.31. The summed E-state index contributed by atoms with van der Waals surface area (Å²) in [5, 5.41) is 6.77. The molecule has 1 aromatic rings. The number of ether oxygens (including phenoxy) is 1. The van der Waals surface area contributed by atoms with Crippen LogP contribution in [0, 0.1) is 0 Å². The maximum atomic E-state index is 11.9. The van der Waals surface area contributed by atoms with Gasteiger partial charge in [-0.25, -0.2) is 4.79 Å². The summed E-state index contributed by atoms with van der Waals surface area (Å²) in [7, 11) is 0. The van der Waals surface area contributed by atoms with E-state index < -0.39 is 12.4 Å². The molecule has 90 valence electrons. The second-order valence-corrected chi connectivity index (χ2v) is 3.14. The number of anilines is 1. The number of nitrogens with zero attached hydrogens (tertiary/aromatic N) is 3. The number of alkyl halides is 3. The zero-order valence-corrected chi connectivity index (χ0v) is 8.31. The molecule has 5 nitrogen and oxygen atoms in total. The molecule has 0 spiro atoms. The van der Waals surface area contributed by atoms with Gasteiger partial charge >= 0.3 is 12.4 Å². The van der Waals surface area contributed by atoms with E-state index in [0.29, 0.717) is 5.69 Å². The van der Waals surface area contributed by atoms with Gasteiger partial charge in [-0.1, -0.05) is 5.11 Å². The number of hydrogen-bond donors (Lipinski definition) is 0. The van der Waals surface area contributed by atoms with Crippen molar-refractivity contribution >= 4 is 11.7 Å². The van der Waals surface area contributed by atoms with Crippen molar-refractivity contribution in [2.75, 3.05) is 11.6 Å². The van der Waals surface area contributed by atoms with E-state index in [1.807, 2.05) is 0 Å². The number of carbonyl (C=O) groups is 1. The van der Waals surface area contributed by atoms with Crippen molar-refractivity contribution in [3.63, 3.8) is 0 Å². The normalized spacial score (nSPS) is 15.5. The van der Waals surface area contributed by atoms with Crippen molar-refractivity contribution in [3.8, 4) is 5.75 Å². The molecule has 0 bridgehead atoms. The number of carbonyl (C=O) groups excluding carboxylic acids is 1. The summed E-state index contributed by atoms with van der Waals surface area (Å²) in [5.41, 5.74) is 0.412. The molecule has 0 saturated carbocycles. The van der Waals surface area contributed by atoms with Crippen LogP contribution in [0.25, 0.3) is 0 Å². The number of urea groups is 1. The topological polar surface area (TPSA) is 54.3 Å². The largest absolute Gasteiger partial charge is 0.573 e. The quantitative estimate of drug-likeness (QED) is 0.804. The third-order valence-electron chi connectivity index (χ3n) is 1.97. The van der Waals surface area contributed by atoms with Gasteiger partial charge in [0.05, 0.1) is 0 Å². The Balaban J connectivity index is 2.11. The average molecular weight is 245 g/mol. The molecule has 2 rings (SSSR count). The molecule has 1 aliphatic rings. The van der Waals surface area contributed by atoms with E-state index in [0.717, 1.165) is 12.1 Å². The predicted molar refractivity (Wildman–Crippen MR) is 50.7 cm³/mol. The van der Waals surface area contributed by atoms with E-state index >= 15 is 0 Å². The summed E-state index contributed by atoms with van der Waals surface area (Å²) >= 11 is 0. The Hall–Kier alpha value is -2.12. The SMILES string of the molecule is O=C1N=NCN1c1ccc(OC(F)(F)F)cc1. The van der Waals surface area contributed by atoms with E-state index in [1.54, 1.807) is 0 Å². The Morgan fingerprint density at radius 3 is 2.35 bits per heavy atom. The van der Waals surface area contributed by atoms with E-state index in [-0.39, 0.29) is 12.4 Å². The van der Waals surface area contributed by atoms with Gasteiger partial charge in [-0.05, 0) is 24.3 Å². The van der Waals surface area contributed by atoms with Gasteiger partial charge in [0.25, 0.3) is 0 Å². The Kier molecular flexibility index (Phi) is 2.70. The minimum Gasteiger partial charge on any atom is -0.406 e. The van der Waals surface area contributed by atoms with Gasteiger partial charge in [-0.2, -0.15) is 5.11 Å². The van der Waals surface area contributed by atoms with Crippen molar-refractivity contribution in [1.82, 2.24) is 0 Å². The number of halogens is 3. The zero-order chi connectivity index (χ0) is 12.5. The van der Waals surface area contributed by atoms with Crippen LogP contribution in [0.3, 0.4) is 0 Å². The molecular formula is C9H6F3N3O2. The minimum absolute atomic E-state index is 0.0678. The molecular weight excluding hydrogens is 239 g/mol. The highest BCUT2D eigenvalue weighted by Crippen LogP contribution is 2.26. The molecule has 1 aromatic carbocycles. The molecule has 0 aromatic heterocycles. The summed E-state index contributed by atoms with van der Waals surface area (Å²) in [6.45, 7) is 0.0678. The summed E-state index contributed by atoms with van der Waals surface area (Å²) in [6, 6.07) is 4.35. The van der Waals surface area contributed by atoms with Crippen molar-refractivity contribution in [3.05, 3.63) is 24.3 Å². The third kappa shape index (κ3) is 2.71. The second kappa shape index (κ2) is 4.04. The number of azo groups is 1. The standard InChI is InChI=1S/C9H6F3N3O2/c10-9(11,12)17-7-3-1-6(2-4-7)15-5-13-14-8(15)16/h1-4H,5H2. The molecule has 17 heavy (non-hydrogen) atoms. The van der Waals surface area contributed by atoms with E-state index in [4.69, 9.17) is 0 Å². The van der Waals surface area contributed by atoms with Crippen LogP contribution in [0.1, 0.15) is 0 Å². The molecule has 1 aliphatic heterocycles. The third-order valence-corrected chi connectivity index (χ3v) is 1.97. The lowest BCUT2D eigenvalue weighted by molar-refractivity contribution is -0.274. The fourth-order valence-electron chi connectivity index (χ4n) is 1.29. The molecule has 0 atom stereocenters. The Morgan fingerprint density at radius 2 is 1.88 bits per heavy atom. The number of hydrogen-bond acceptors (Lipinski definition) is 3. The predicted octanol–water partition coefficient (Wildman–Crippen LogP) is 2.93. The molecule has 0 N–H and O–H groups in total. The monoisotopic (exact) mass is 245 g/mol. The van der Waals surface area contributed by atoms with Crippen LogP contribution in [0.15, 0.2) is 34.5 Å². The molecule has 0 aliphatic carbocycles. The lowest BCUT2D eigenvalue weighted by Crippen LogP contribution is -2.23. The van der Waals surface area contributed by atoms with Crippen LogP contribution in [0.5, 0.6) is 5.75 Å². The van der Waals surface area contributed by atoms with E-state index in [2.05, 4.69) is 15.0 Å². The second-order valence-electron chi connectivity index (χ2n) is 3.14. The van der Waals surface area contributed by atoms with Gasteiger partial charge in [0.1, 0.15) is 12.4 Å². The number of benzene rings is 1. The van der Waals surface area contributed by atoms with Crippen molar-refractivity contribution < 1.29 is 22.7 Å². The first-order valence-electron chi connectivity index (χ1n) is 4.50. The van der Waals surface area contributed by atoms with Gasteiger partial charge in [0.15, 0.2) is 0 Å². The first-order valence-corrected chi connectivity index (χ1v) is 4.50.